The van der Waals surface area contributed by atoms with E-state index in [4.69, 9.17) is 0 Å². The average Bonchev–Trinajstić information content (AvgIpc) is 2.91. The summed E-state index contributed by atoms with van der Waals surface area (Å²) in [5.41, 5.74) is 1.81. The molecule has 1 aliphatic rings. The Hall–Kier alpha value is -1.82. The molecule has 1 aliphatic heterocycles. The van der Waals surface area contributed by atoms with E-state index in [-0.39, 0.29) is 6.61 Å². The number of rotatable bonds is 2. The van der Waals surface area contributed by atoms with Gasteiger partial charge in [-0.1, -0.05) is 0 Å². The Morgan fingerprint density at radius 1 is 1.39 bits per heavy atom. The van der Waals surface area contributed by atoms with Crippen LogP contribution in [0.15, 0.2) is 12.4 Å². The van der Waals surface area contributed by atoms with Crippen molar-refractivity contribution in [1.29, 1.82) is 0 Å². The molecular weight excluding hydrogens is 230 g/mol. The van der Waals surface area contributed by atoms with Crippen molar-refractivity contribution in [2.24, 2.45) is 7.05 Å². The molecular formula is C12H17N5O. The van der Waals surface area contributed by atoms with E-state index < -0.39 is 0 Å². The fourth-order valence-electron chi connectivity index (χ4n) is 2.62. The van der Waals surface area contributed by atoms with Crippen molar-refractivity contribution in [1.82, 2.24) is 19.3 Å². The summed E-state index contributed by atoms with van der Waals surface area (Å²) in [5.74, 6) is 2.06. The molecule has 18 heavy (non-hydrogen) atoms. The van der Waals surface area contributed by atoms with Gasteiger partial charge in [-0.15, -0.1) is 0 Å². The lowest BCUT2D eigenvalue weighted by Crippen LogP contribution is -2.35. The van der Waals surface area contributed by atoms with Crippen LogP contribution in [0.1, 0.15) is 17.1 Å². The van der Waals surface area contributed by atoms with Gasteiger partial charge in [-0.05, 0) is 6.92 Å². The van der Waals surface area contributed by atoms with Crippen LogP contribution >= 0.6 is 0 Å². The number of aliphatic hydroxyl groups excluding tert-OH is 1. The van der Waals surface area contributed by atoms with Crippen LogP contribution in [-0.2, 0) is 26.7 Å². The predicted molar refractivity (Wildman–Crippen MR) is 67.1 cm³/mol. The van der Waals surface area contributed by atoms with Crippen LogP contribution in [0.25, 0.3) is 0 Å². The normalized spacial score (nSPS) is 14.9. The first-order valence-corrected chi connectivity index (χ1v) is 6.09. The molecule has 0 bridgehead atoms. The number of hydrogen-bond acceptors (Lipinski definition) is 4. The first-order chi connectivity index (χ1) is 8.70. The van der Waals surface area contributed by atoms with Gasteiger partial charge < -0.3 is 14.6 Å². The molecule has 2 aromatic heterocycles. The Bertz CT molecular complexity index is 571. The highest BCUT2D eigenvalue weighted by atomic mass is 16.3. The third-order valence-electron chi connectivity index (χ3n) is 3.52. The minimum absolute atomic E-state index is 0.0277. The minimum atomic E-state index is 0.0277. The quantitative estimate of drug-likeness (QED) is 0.836. The molecule has 0 saturated heterocycles. The van der Waals surface area contributed by atoms with Gasteiger partial charge in [0.1, 0.15) is 11.6 Å². The number of nitrogens with zero attached hydrogens (tertiary/aromatic N) is 5. The second-order valence-electron chi connectivity index (χ2n) is 4.63. The van der Waals surface area contributed by atoms with Gasteiger partial charge in [0.05, 0.1) is 18.8 Å². The maximum atomic E-state index is 9.50. The van der Waals surface area contributed by atoms with Gasteiger partial charge in [-0.3, -0.25) is 4.68 Å². The summed E-state index contributed by atoms with van der Waals surface area (Å²) in [6.07, 6.45) is 3.84. The number of aliphatic hydroxyl groups is 1. The van der Waals surface area contributed by atoms with Crippen molar-refractivity contribution < 1.29 is 5.11 Å². The summed E-state index contributed by atoms with van der Waals surface area (Å²) in [6.45, 7) is 4.55. The SMILES string of the molecule is Cc1nn(C)c(N2CCn3ccnc3C2)c1CO. The van der Waals surface area contributed by atoms with E-state index in [1.165, 1.54) is 0 Å². The highest BCUT2D eigenvalue weighted by molar-refractivity contribution is 5.50. The molecule has 2 aromatic rings. The Labute approximate surface area is 105 Å². The molecule has 3 heterocycles. The number of imidazole rings is 1. The topological polar surface area (TPSA) is 59.1 Å². The van der Waals surface area contributed by atoms with Gasteiger partial charge in [-0.25, -0.2) is 4.98 Å². The van der Waals surface area contributed by atoms with Crippen LogP contribution in [0.2, 0.25) is 0 Å². The van der Waals surface area contributed by atoms with Crippen molar-refractivity contribution in [3.05, 3.63) is 29.5 Å². The van der Waals surface area contributed by atoms with Crippen LogP contribution in [0, 0.1) is 6.92 Å². The molecule has 0 amide bonds. The van der Waals surface area contributed by atoms with E-state index in [1.54, 1.807) is 0 Å². The summed E-state index contributed by atoms with van der Waals surface area (Å²) in [5, 5.41) is 13.9. The highest BCUT2D eigenvalue weighted by Gasteiger charge is 2.23. The van der Waals surface area contributed by atoms with E-state index >= 15 is 0 Å². The molecule has 0 saturated carbocycles. The van der Waals surface area contributed by atoms with Gasteiger partial charge in [0.25, 0.3) is 0 Å². The molecule has 0 fully saturated rings. The van der Waals surface area contributed by atoms with Gasteiger partial charge >= 0.3 is 0 Å². The van der Waals surface area contributed by atoms with E-state index in [1.807, 2.05) is 31.0 Å². The smallest absolute Gasteiger partial charge is 0.132 e. The lowest BCUT2D eigenvalue weighted by atomic mass is 10.2. The Morgan fingerprint density at radius 3 is 3.00 bits per heavy atom. The van der Waals surface area contributed by atoms with Crippen molar-refractivity contribution in [2.75, 3.05) is 11.4 Å². The number of hydrogen-bond donors (Lipinski definition) is 1. The molecule has 0 atom stereocenters. The third-order valence-corrected chi connectivity index (χ3v) is 3.52. The molecule has 96 valence electrons. The van der Waals surface area contributed by atoms with E-state index in [9.17, 15) is 5.11 Å². The van der Waals surface area contributed by atoms with Gasteiger partial charge in [0.2, 0.25) is 0 Å². The Kier molecular flexibility index (Phi) is 2.59. The fraction of sp³-hybridized carbons (Fsp3) is 0.500. The summed E-state index contributed by atoms with van der Waals surface area (Å²) in [4.78, 5) is 6.58. The van der Waals surface area contributed by atoms with Gasteiger partial charge in [0.15, 0.2) is 0 Å². The molecule has 0 spiro atoms. The predicted octanol–water partition coefficient (Wildman–Crippen LogP) is 0.438. The summed E-state index contributed by atoms with van der Waals surface area (Å²) >= 11 is 0. The Balaban J connectivity index is 1.97. The molecule has 6 heteroatoms. The second kappa shape index (κ2) is 4.13. The van der Waals surface area contributed by atoms with Gasteiger partial charge in [0, 0.05) is 38.1 Å². The number of anilines is 1. The van der Waals surface area contributed by atoms with E-state index in [0.717, 1.165) is 42.5 Å². The lowest BCUT2D eigenvalue weighted by Gasteiger charge is -2.30. The van der Waals surface area contributed by atoms with Crippen molar-refractivity contribution in [2.45, 2.75) is 26.6 Å². The molecule has 0 aliphatic carbocycles. The molecule has 0 aromatic carbocycles. The largest absolute Gasteiger partial charge is 0.391 e. The maximum absolute atomic E-state index is 9.50. The van der Waals surface area contributed by atoms with Crippen molar-refractivity contribution >= 4 is 5.82 Å². The number of aromatic nitrogens is 4. The van der Waals surface area contributed by atoms with Crippen molar-refractivity contribution in [3.8, 4) is 0 Å². The first kappa shape index (κ1) is 11.3. The summed E-state index contributed by atoms with van der Waals surface area (Å²) in [6, 6.07) is 0. The average molecular weight is 247 g/mol. The standard InChI is InChI=1S/C12H17N5O/c1-9-10(8-18)12(15(2)14-9)17-6-5-16-4-3-13-11(16)7-17/h3-4,18H,5-8H2,1-2H3. The zero-order valence-corrected chi connectivity index (χ0v) is 10.7. The Morgan fingerprint density at radius 2 is 2.22 bits per heavy atom. The second-order valence-corrected chi connectivity index (χ2v) is 4.63. The zero-order valence-electron chi connectivity index (χ0n) is 10.7. The monoisotopic (exact) mass is 247 g/mol. The number of aryl methyl sites for hydroxylation is 2. The molecule has 0 unspecified atom stereocenters. The highest BCUT2D eigenvalue weighted by Crippen LogP contribution is 2.26. The third kappa shape index (κ3) is 1.60. The summed E-state index contributed by atoms with van der Waals surface area (Å²) in [7, 11) is 1.92. The van der Waals surface area contributed by atoms with Crippen LogP contribution in [-0.4, -0.2) is 31.0 Å². The summed E-state index contributed by atoms with van der Waals surface area (Å²) < 4.78 is 4.01. The maximum Gasteiger partial charge on any atom is 0.132 e. The molecule has 1 N–H and O–H groups in total. The van der Waals surface area contributed by atoms with Crippen LogP contribution < -0.4 is 4.90 Å². The fourth-order valence-corrected chi connectivity index (χ4v) is 2.62. The molecule has 6 nitrogen and oxygen atoms in total. The molecule has 0 radical (unpaired) electrons. The first-order valence-electron chi connectivity index (χ1n) is 6.09. The van der Waals surface area contributed by atoms with Crippen LogP contribution in [0.5, 0.6) is 0 Å². The van der Waals surface area contributed by atoms with Crippen molar-refractivity contribution in [3.63, 3.8) is 0 Å². The minimum Gasteiger partial charge on any atom is -0.391 e. The lowest BCUT2D eigenvalue weighted by molar-refractivity contribution is 0.281. The van der Waals surface area contributed by atoms with Crippen LogP contribution in [0.3, 0.4) is 0 Å². The van der Waals surface area contributed by atoms with Gasteiger partial charge in [-0.2, -0.15) is 5.10 Å². The molecule has 3 rings (SSSR count). The van der Waals surface area contributed by atoms with E-state index in [2.05, 4.69) is 19.5 Å². The number of fused-ring (bicyclic) bond motifs is 1. The van der Waals surface area contributed by atoms with E-state index in [0.29, 0.717) is 0 Å². The zero-order chi connectivity index (χ0) is 12.7. The van der Waals surface area contributed by atoms with Crippen LogP contribution in [0.4, 0.5) is 5.82 Å².